The first-order valence-corrected chi connectivity index (χ1v) is 11.8. The van der Waals surface area contributed by atoms with E-state index in [1.54, 1.807) is 18.4 Å². The van der Waals surface area contributed by atoms with E-state index in [0.29, 0.717) is 6.61 Å². The molecule has 4 aromatic rings. The molecule has 0 N–H and O–H groups in total. The van der Waals surface area contributed by atoms with Gasteiger partial charge in [-0.05, 0) is 43.2 Å². The van der Waals surface area contributed by atoms with Gasteiger partial charge in [0.15, 0.2) is 0 Å². The van der Waals surface area contributed by atoms with Gasteiger partial charge < -0.3 is 9.47 Å². The van der Waals surface area contributed by atoms with Gasteiger partial charge in [0, 0.05) is 22.6 Å². The summed E-state index contributed by atoms with van der Waals surface area (Å²) >= 11 is 1.55. The van der Waals surface area contributed by atoms with Crippen molar-refractivity contribution in [1.82, 2.24) is 4.68 Å². The van der Waals surface area contributed by atoms with Crippen molar-refractivity contribution in [3.8, 4) is 22.8 Å². The predicted molar refractivity (Wildman–Crippen MR) is 136 cm³/mol. The predicted octanol–water partition coefficient (Wildman–Crippen LogP) is 6.30. The zero-order chi connectivity index (χ0) is 23.0. The van der Waals surface area contributed by atoms with Gasteiger partial charge in [0.1, 0.15) is 11.5 Å². The van der Waals surface area contributed by atoms with Crippen molar-refractivity contribution in [3.05, 3.63) is 94.1 Å². The summed E-state index contributed by atoms with van der Waals surface area (Å²) in [5.41, 5.74) is 5.09. The average molecular weight is 458 g/mol. The number of thiazole rings is 1. The number of benzene rings is 3. The van der Waals surface area contributed by atoms with Gasteiger partial charge in [-0.15, -0.1) is 11.3 Å². The number of rotatable bonds is 8. The maximum atomic E-state index is 5.76. The Labute approximate surface area is 198 Å². The van der Waals surface area contributed by atoms with Crippen LogP contribution in [-0.2, 0) is 6.42 Å². The fraction of sp³-hybridized carbons (Fsp3) is 0.185. The van der Waals surface area contributed by atoms with E-state index in [4.69, 9.17) is 19.6 Å². The van der Waals surface area contributed by atoms with Gasteiger partial charge in [-0.2, -0.15) is 5.10 Å². The first kappa shape index (κ1) is 22.6. The lowest BCUT2D eigenvalue weighted by molar-refractivity contribution is 0.340. The van der Waals surface area contributed by atoms with Gasteiger partial charge in [0.25, 0.3) is 0 Å². The molecule has 0 aliphatic heterocycles. The Morgan fingerprint density at radius 2 is 1.79 bits per heavy atom. The molecule has 4 rings (SSSR count). The van der Waals surface area contributed by atoms with Crippen molar-refractivity contribution in [2.45, 2.75) is 20.3 Å². The molecule has 0 saturated heterocycles. The Kier molecular flexibility index (Phi) is 7.37. The zero-order valence-corrected chi connectivity index (χ0v) is 19.9. The highest BCUT2D eigenvalue weighted by Gasteiger charge is 2.09. The Hall–Kier alpha value is -3.64. The minimum Gasteiger partial charge on any atom is -0.497 e. The first-order chi connectivity index (χ1) is 16.2. The molecule has 0 radical (unpaired) electrons. The van der Waals surface area contributed by atoms with Gasteiger partial charge in [-0.25, -0.2) is 9.67 Å². The van der Waals surface area contributed by atoms with Crippen molar-refractivity contribution >= 4 is 23.2 Å². The molecule has 6 heteroatoms. The number of methoxy groups -OCH3 is 1. The number of aromatic nitrogens is 1. The van der Waals surface area contributed by atoms with E-state index in [-0.39, 0.29) is 0 Å². The Morgan fingerprint density at radius 1 is 0.970 bits per heavy atom. The highest BCUT2D eigenvalue weighted by atomic mass is 32.1. The number of hydrogen-bond donors (Lipinski definition) is 0. The van der Waals surface area contributed by atoms with E-state index in [0.717, 1.165) is 45.2 Å². The molecule has 0 aliphatic carbocycles. The van der Waals surface area contributed by atoms with Crippen molar-refractivity contribution in [3.63, 3.8) is 0 Å². The lowest BCUT2D eigenvalue weighted by Crippen LogP contribution is -2.11. The van der Waals surface area contributed by atoms with Crippen LogP contribution < -0.4 is 14.3 Å². The van der Waals surface area contributed by atoms with Crippen LogP contribution in [-0.4, -0.2) is 24.6 Å². The van der Waals surface area contributed by atoms with E-state index >= 15 is 0 Å². The number of aryl methyl sites for hydroxylation is 1. The number of ether oxygens (including phenoxy) is 2. The summed E-state index contributed by atoms with van der Waals surface area (Å²) in [6.07, 6.45) is 2.83. The molecule has 0 aliphatic rings. The van der Waals surface area contributed by atoms with Gasteiger partial charge >= 0.3 is 0 Å². The van der Waals surface area contributed by atoms with E-state index in [1.165, 1.54) is 5.56 Å². The monoisotopic (exact) mass is 457 g/mol. The second-order valence-electron chi connectivity index (χ2n) is 7.29. The van der Waals surface area contributed by atoms with Crippen molar-refractivity contribution in [2.75, 3.05) is 13.7 Å². The molecule has 33 heavy (non-hydrogen) atoms. The van der Waals surface area contributed by atoms with Crippen LogP contribution in [0, 0.1) is 0 Å². The topological polar surface area (TPSA) is 48.1 Å². The molecule has 168 valence electrons. The first-order valence-electron chi connectivity index (χ1n) is 11.0. The maximum Gasteiger partial charge on any atom is 0.211 e. The van der Waals surface area contributed by atoms with E-state index in [9.17, 15) is 0 Å². The quantitative estimate of drug-likeness (QED) is 0.292. The van der Waals surface area contributed by atoms with Gasteiger partial charge in [-0.3, -0.25) is 0 Å². The second kappa shape index (κ2) is 10.8. The van der Waals surface area contributed by atoms with Crippen molar-refractivity contribution in [1.29, 1.82) is 0 Å². The molecule has 1 aromatic heterocycles. The second-order valence-corrected chi connectivity index (χ2v) is 8.13. The van der Waals surface area contributed by atoms with Crippen LogP contribution in [0.2, 0.25) is 0 Å². The summed E-state index contributed by atoms with van der Waals surface area (Å²) in [4.78, 5) is 5.62. The summed E-state index contributed by atoms with van der Waals surface area (Å²) in [6, 6.07) is 24.2. The minimum atomic E-state index is 0.599. The van der Waals surface area contributed by atoms with Crippen molar-refractivity contribution < 1.29 is 9.47 Å². The Morgan fingerprint density at radius 3 is 2.55 bits per heavy atom. The van der Waals surface area contributed by atoms with Crippen LogP contribution in [0.3, 0.4) is 0 Å². The van der Waals surface area contributed by atoms with Crippen LogP contribution >= 0.6 is 11.3 Å². The molecule has 5 nitrogen and oxygen atoms in total. The summed E-state index contributed by atoms with van der Waals surface area (Å²) in [6.45, 7) is 4.73. The summed E-state index contributed by atoms with van der Waals surface area (Å²) < 4.78 is 13.0. The number of nitrogens with zero attached hydrogens (tertiary/aromatic N) is 3. The van der Waals surface area contributed by atoms with Gasteiger partial charge in [0.05, 0.1) is 31.3 Å². The third kappa shape index (κ3) is 5.41. The molecule has 0 unspecified atom stereocenters. The highest BCUT2D eigenvalue weighted by Crippen LogP contribution is 2.23. The Bertz CT molecular complexity index is 1300. The molecule has 0 saturated carbocycles. The third-order valence-electron chi connectivity index (χ3n) is 5.15. The van der Waals surface area contributed by atoms with E-state index < -0.39 is 0 Å². The molecular formula is C27H27N3O2S. The van der Waals surface area contributed by atoms with E-state index in [2.05, 4.69) is 36.6 Å². The molecule has 0 amide bonds. The number of para-hydroxylation sites is 1. The standard InChI is InChI=1S/C27H27N3O2S/c1-4-20-13-15-21(16-14-20)25-19-33-27(29-23-10-8-11-24(17-23)31-3)30(25)28-18-22-9-6-7-12-26(22)32-5-2/h6-19H,4-5H2,1-3H3/b28-18+,29-27?. The summed E-state index contributed by atoms with van der Waals surface area (Å²) in [5, 5.41) is 6.92. The van der Waals surface area contributed by atoms with Crippen LogP contribution in [0.1, 0.15) is 25.0 Å². The SMILES string of the molecule is CCOc1ccccc1/C=N/n1c(-c2ccc(CC)cc2)csc1=Nc1cccc(OC)c1. The normalized spacial score (nSPS) is 11.8. The molecule has 0 fully saturated rings. The van der Waals surface area contributed by atoms with Crippen LogP contribution in [0.25, 0.3) is 11.3 Å². The lowest BCUT2D eigenvalue weighted by atomic mass is 10.1. The molecule has 0 spiro atoms. The molecule has 0 atom stereocenters. The fourth-order valence-corrected chi connectivity index (χ4v) is 4.24. The molecule has 1 heterocycles. The largest absolute Gasteiger partial charge is 0.497 e. The van der Waals surface area contributed by atoms with Crippen molar-refractivity contribution in [2.24, 2.45) is 10.1 Å². The fourth-order valence-electron chi connectivity index (χ4n) is 3.38. The lowest BCUT2D eigenvalue weighted by Gasteiger charge is -2.07. The van der Waals surface area contributed by atoms with Gasteiger partial charge in [0.2, 0.25) is 4.80 Å². The smallest absolute Gasteiger partial charge is 0.211 e. The molecule has 0 bridgehead atoms. The highest BCUT2D eigenvalue weighted by molar-refractivity contribution is 7.07. The molecule has 3 aromatic carbocycles. The average Bonchev–Trinajstić information content (AvgIpc) is 3.26. The van der Waals surface area contributed by atoms with Crippen LogP contribution in [0.4, 0.5) is 5.69 Å². The number of hydrogen-bond acceptors (Lipinski definition) is 5. The zero-order valence-electron chi connectivity index (χ0n) is 19.1. The van der Waals surface area contributed by atoms with E-state index in [1.807, 2.05) is 66.3 Å². The summed E-state index contributed by atoms with van der Waals surface area (Å²) in [5.74, 6) is 1.57. The maximum absolute atomic E-state index is 5.76. The van der Waals surface area contributed by atoms with Crippen LogP contribution in [0.15, 0.2) is 88.3 Å². The summed E-state index contributed by atoms with van der Waals surface area (Å²) in [7, 11) is 1.66. The minimum absolute atomic E-state index is 0.599. The Balaban J connectivity index is 1.82. The van der Waals surface area contributed by atoms with Crippen LogP contribution in [0.5, 0.6) is 11.5 Å². The molecular weight excluding hydrogens is 430 g/mol. The van der Waals surface area contributed by atoms with Gasteiger partial charge in [-0.1, -0.05) is 49.4 Å². The third-order valence-corrected chi connectivity index (χ3v) is 5.97.